The summed E-state index contributed by atoms with van der Waals surface area (Å²) in [5.74, 6) is -3.15. The van der Waals surface area contributed by atoms with Crippen molar-refractivity contribution in [3.05, 3.63) is 63.5 Å². The first-order valence-electron chi connectivity index (χ1n) is 6.22. The molecule has 0 saturated carbocycles. The lowest BCUT2D eigenvalue weighted by Gasteiger charge is -2.11. The predicted molar refractivity (Wildman–Crippen MR) is 73.1 cm³/mol. The van der Waals surface area contributed by atoms with Crippen molar-refractivity contribution in [2.75, 3.05) is 0 Å². The minimum absolute atomic E-state index is 0.201. The molecule has 0 aromatic heterocycles. The van der Waals surface area contributed by atoms with Gasteiger partial charge in [0, 0.05) is 12.1 Å². The van der Waals surface area contributed by atoms with Crippen molar-refractivity contribution in [3.63, 3.8) is 0 Å². The zero-order chi connectivity index (χ0) is 18.1. The molecule has 0 spiro atoms. The van der Waals surface area contributed by atoms with Crippen LogP contribution in [0.4, 0.5) is 23.2 Å². The molecule has 0 radical (unpaired) electrons. The number of nitro benzene ring substituents is 1. The summed E-state index contributed by atoms with van der Waals surface area (Å²) in [6.45, 7) is 0. The Morgan fingerprint density at radius 1 is 1.17 bits per heavy atom. The van der Waals surface area contributed by atoms with Crippen LogP contribution in [0.1, 0.15) is 15.9 Å². The van der Waals surface area contributed by atoms with E-state index in [1.165, 1.54) is 0 Å². The van der Waals surface area contributed by atoms with Crippen LogP contribution >= 0.6 is 0 Å². The Labute approximate surface area is 131 Å². The van der Waals surface area contributed by atoms with Crippen LogP contribution in [-0.4, -0.2) is 10.8 Å². The molecule has 10 heteroatoms. The van der Waals surface area contributed by atoms with Crippen molar-refractivity contribution < 1.29 is 32.0 Å². The highest BCUT2D eigenvalue weighted by Gasteiger charge is 2.31. The topological polar surface area (TPSA) is 95.5 Å². The first-order chi connectivity index (χ1) is 11.1. The normalized spacial score (nSPS) is 11.2. The molecule has 0 heterocycles. The maximum atomic E-state index is 13.7. The molecule has 2 aromatic rings. The number of rotatable bonds is 4. The van der Waals surface area contributed by atoms with Gasteiger partial charge in [0.15, 0.2) is 11.6 Å². The average molecular weight is 344 g/mol. The van der Waals surface area contributed by atoms with E-state index in [0.717, 1.165) is 24.3 Å². The van der Waals surface area contributed by atoms with E-state index in [4.69, 9.17) is 10.5 Å². The molecule has 24 heavy (non-hydrogen) atoms. The predicted octanol–water partition coefficient (Wildman–Crippen LogP) is 3.64. The fourth-order valence-electron chi connectivity index (χ4n) is 1.82. The molecular weight excluding hydrogens is 336 g/mol. The molecule has 2 aromatic carbocycles. The fraction of sp³-hybridized carbons (Fsp3) is 0.0714. The van der Waals surface area contributed by atoms with Gasteiger partial charge in [0.2, 0.25) is 0 Å². The van der Waals surface area contributed by atoms with Crippen molar-refractivity contribution >= 4 is 11.6 Å². The first kappa shape index (κ1) is 17.2. The second kappa shape index (κ2) is 6.14. The average Bonchev–Trinajstić information content (AvgIpc) is 2.47. The van der Waals surface area contributed by atoms with Gasteiger partial charge >= 0.3 is 6.18 Å². The van der Waals surface area contributed by atoms with Crippen molar-refractivity contribution in [2.24, 2.45) is 5.73 Å². The molecule has 0 aliphatic carbocycles. The van der Waals surface area contributed by atoms with Gasteiger partial charge in [0.1, 0.15) is 11.3 Å². The summed E-state index contributed by atoms with van der Waals surface area (Å²) in [5.41, 5.74) is 2.75. The molecule has 1 amide bonds. The quantitative estimate of drug-likeness (QED) is 0.520. The summed E-state index contributed by atoms with van der Waals surface area (Å²) >= 11 is 0. The van der Waals surface area contributed by atoms with E-state index in [9.17, 15) is 32.5 Å². The van der Waals surface area contributed by atoms with Crippen LogP contribution in [0.15, 0.2) is 36.4 Å². The standard InChI is InChI=1S/C14H8F4N2O4/c15-10-5-7(14(16,17)18)1-4-12(10)24-8-2-3-11(20(22)23)9(6-8)13(19)21/h1-6H,(H2,19,21). The highest BCUT2D eigenvalue weighted by Crippen LogP contribution is 2.34. The van der Waals surface area contributed by atoms with Gasteiger partial charge in [-0.15, -0.1) is 0 Å². The number of nitrogens with zero attached hydrogens (tertiary/aromatic N) is 1. The number of halogens is 4. The molecule has 0 fully saturated rings. The number of amides is 1. The third-order valence-corrected chi connectivity index (χ3v) is 2.92. The molecule has 0 aliphatic rings. The summed E-state index contributed by atoms with van der Waals surface area (Å²) in [7, 11) is 0. The van der Waals surface area contributed by atoms with Crippen molar-refractivity contribution in [1.82, 2.24) is 0 Å². The largest absolute Gasteiger partial charge is 0.454 e. The number of hydrogen-bond acceptors (Lipinski definition) is 4. The van der Waals surface area contributed by atoms with Crippen LogP contribution in [0.5, 0.6) is 11.5 Å². The second-order valence-corrected chi connectivity index (χ2v) is 4.55. The Morgan fingerprint density at radius 3 is 2.33 bits per heavy atom. The van der Waals surface area contributed by atoms with Gasteiger partial charge in [-0.2, -0.15) is 13.2 Å². The fourth-order valence-corrected chi connectivity index (χ4v) is 1.82. The monoisotopic (exact) mass is 344 g/mol. The number of nitro groups is 1. The Kier molecular flexibility index (Phi) is 4.40. The van der Waals surface area contributed by atoms with E-state index in [0.29, 0.717) is 6.07 Å². The number of hydrogen-bond donors (Lipinski definition) is 1. The number of primary amides is 1. The SMILES string of the molecule is NC(=O)c1cc(Oc2ccc(C(F)(F)F)cc2F)ccc1[N+](=O)[O-]. The Balaban J connectivity index is 2.37. The number of alkyl halides is 3. The molecule has 6 nitrogen and oxygen atoms in total. The number of nitrogens with two attached hydrogens (primary N) is 1. The lowest BCUT2D eigenvalue weighted by atomic mass is 10.1. The van der Waals surface area contributed by atoms with Gasteiger partial charge in [0.25, 0.3) is 11.6 Å². The maximum absolute atomic E-state index is 13.7. The second-order valence-electron chi connectivity index (χ2n) is 4.55. The van der Waals surface area contributed by atoms with Gasteiger partial charge in [-0.3, -0.25) is 14.9 Å². The summed E-state index contributed by atoms with van der Waals surface area (Å²) in [6, 6.07) is 4.48. The Morgan fingerprint density at radius 2 is 1.83 bits per heavy atom. The highest BCUT2D eigenvalue weighted by atomic mass is 19.4. The van der Waals surface area contributed by atoms with Crippen molar-refractivity contribution in [2.45, 2.75) is 6.18 Å². The van der Waals surface area contributed by atoms with Crippen molar-refractivity contribution in [3.8, 4) is 11.5 Å². The zero-order valence-electron chi connectivity index (χ0n) is 11.6. The van der Waals surface area contributed by atoms with E-state index >= 15 is 0 Å². The minimum atomic E-state index is -4.72. The van der Waals surface area contributed by atoms with E-state index in [2.05, 4.69) is 0 Å². The molecule has 2 N–H and O–H groups in total. The number of carbonyl (C=O) groups is 1. The first-order valence-corrected chi connectivity index (χ1v) is 6.22. The van der Waals surface area contributed by atoms with Crippen LogP contribution in [-0.2, 0) is 6.18 Å². The third-order valence-electron chi connectivity index (χ3n) is 2.92. The smallest absolute Gasteiger partial charge is 0.416 e. The summed E-state index contributed by atoms with van der Waals surface area (Å²) in [5, 5.41) is 10.8. The molecule has 126 valence electrons. The van der Waals surface area contributed by atoms with Gasteiger partial charge in [-0.05, 0) is 24.3 Å². The van der Waals surface area contributed by atoms with Crippen LogP contribution in [0.2, 0.25) is 0 Å². The highest BCUT2D eigenvalue weighted by molar-refractivity contribution is 5.97. The molecule has 0 aliphatic heterocycles. The third kappa shape index (κ3) is 3.59. The molecule has 0 bridgehead atoms. The van der Waals surface area contributed by atoms with Gasteiger partial charge < -0.3 is 10.5 Å². The summed E-state index contributed by atoms with van der Waals surface area (Å²) in [4.78, 5) is 21.1. The van der Waals surface area contributed by atoms with Crippen LogP contribution in [0.25, 0.3) is 0 Å². The van der Waals surface area contributed by atoms with Gasteiger partial charge in [-0.1, -0.05) is 0 Å². The van der Waals surface area contributed by atoms with Crippen LogP contribution in [0.3, 0.4) is 0 Å². The van der Waals surface area contributed by atoms with E-state index < -0.39 is 45.4 Å². The number of benzene rings is 2. The lowest BCUT2D eigenvalue weighted by Crippen LogP contribution is -2.13. The van der Waals surface area contributed by atoms with Gasteiger partial charge in [0.05, 0.1) is 10.5 Å². The van der Waals surface area contributed by atoms with E-state index in [1.54, 1.807) is 0 Å². The summed E-state index contributed by atoms with van der Waals surface area (Å²) in [6.07, 6.45) is -4.72. The molecule has 0 saturated heterocycles. The zero-order valence-corrected chi connectivity index (χ0v) is 11.6. The lowest BCUT2D eigenvalue weighted by molar-refractivity contribution is -0.385. The van der Waals surface area contributed by atoms with Gasteiger partial charge in [-0.25, -0.2) is 4.39 Å². The molecular formula is C14H8F4N2O4. The number of carbonyl (C=O) groups excluding carboxylic acids is 1. The summed E-state index contributed by atoms with van der Waals surface area (Å²) < 4.78 is 56.1. The van der Waals surface area contributed by atoms with E-state index in [-0.39, 0.29) is 11.8 Å². The Hall–Kier alpha value is -3.17. The van der Waals surface area contributed by atoms with Crippen molar-refractivity contribution in [1.29, 1.82) is 0 Å². The minimum Gasteiger partial charge on any atom is -0.454 e. The maximum Gasteiger partial charge on any atom is 0.416 e. The van der Waals surface area contributed by atoms with Crippen LogP contribution < -0.4 is 10.5 Å². The van der Waals surface area contributed by atoms with E-state index in [1.807, 2.05) is 0 Å². The molecule has 0 atom stereocenters. The molecule has 0 unspecified atom stereocenters. The Bertz CT molecular complexity index is 821. The molecule has 2 rings (SSSR count). The number of ether oxygens (including phenoxy) is 1. The van der Waals surface area contributed by atoms with Crippen LogP contribution in [0, 0.1) is 15.9 Å².